The molecule has 1 heterocycles. The van der Waals surface area contributed by atoms with E-state index >= 15 is 4.39 Å². The zero-order valence-electron chi connectivity index (χ0n) is 23.7. The van der Waals surface area contributed by atoms with Crippen LogP contribution in [0.5, 0.6) is 0 Å². The molecule has 2 aliphatic rings. The molecule has 2 nitrogen and oxygen atoms in total. The maximum absolute atomic E-state index is 15.5. The fraction of sp³-hybridized carbons (Fsp3) is 0.500. The highest BCUT2D eigenvalue weighted by molar-refractivity contribution is 8.28. The summed E-state index contributed by atoms with van der Waals surface area (Å²) in [6, 6.07) is 7.74. The van der Waals surface area contributed by atoms with E-state index in [2.05, 4.69) is 36.4 Å². The van der Waals surface area contributed by atoms with Crippen molar-refractivity contribution in [3.63, 3.8) is 0 Å². The quantitative estimate of drug-likeness (QED) is 0.193. The van der Waals surface area contributed by atoms with Crippen LogP contribution in [0.25, 0.3) is 0 Å². The van der Waals surface area contributed by atoms with Crippen LogP contribution < -0.4 is 0 Å². The van der Waals surface area contributed by atoms with Crippen molar-refractivity contribution >= 4 is 20.3 Å². The highest BCUT2D eigenvalue weighted by Gasteiger charge is 2.51. The lowest BCUT2D eigenvalue weighted by Crippen LogP contribution is -2.54. The third kappa shape index (κ3) is 5.95. The molecule has 220 valence electrons. The second kappa shape index (κ2) is 12.6. The minimum Gasteiger partial charge on any atom is -0.296 e. The van der Waals surface area contributed by atoms with Gasteiger partial charge >= 0.3 is 6.18 Å². The molecular formula is C32H40F5NOS. The zero-order chi connectivity index (χ0) is 29.9. The summed E-state index contributed by atoms with van der Waals surface area (Å²) >= 11 is 0. The molecule has 40 heavy (non-hydrogen) atoms. The van der Waals surface area contributed by atoms with Crippen molar-refractivity contribution in [3.8, 4) is 0 Å². The van der Waals surface area contributed by atoms with Crippen LogP contribution in [0, 0.1) is 29.4 Å². The van der Waals surface area contributed by atoms with E-state index in [9.17, 15) is 22.4 Å². The molecule has 0 N–H and O–H groups in total. The number of alkyl halides is 3. The average molecular weight is 582 g/mol. The first-order chi connectivity index (χ1) is 18.9. The Morgan fingerprint density at radius 3 is 2.35 bits per heavy atom. The minimum atomic E-state index is -4.55. The number of halogens is 5. The normalized spacial score (nSPS) is 26.6. The van der Waals surface area contributed by atoms with Crippen LogP contribution >= 0.6 is 9.21 Å². The fourth-order valence-corrected chi connectivity index (χ4v) is 9.39. The van der Waals surface area contributed by atoms with Gasteiger partial charge in [-0.15, -0.1) is 6.58 Å². The van der Waals surface area contributed by atoms with Crippen LogP contribution in [0.2, 0.25) is 0 Å². The van der Waals surface area contributed by atoms with Crippen molar-refractivity contribution in [3.05, 3.63) is 77.9 Å². The van der Waals surface area contributed by atoms with Gasteiger partial charge in [-0.3, -0.25) is 4.90 Å². The van der Waals surface area contributed by atoms with Gasteiger partial charge in [-0.25, -0.2) is 13.6 Å². The van der Waals surface area contributed by atoms with Crippen molar-refractivity contribution < 1.29 is 26.7 Å². The number of hydrogen-bond donors (Lipinski definition) is 0. The van der Waals surface area contributed by atoms with Crippen LogP contribution in [0.1, 0.15) is 64.5 Å². The molecule has 2 aromatic carbocycles. The molecule has 0 amide bonds. The van der Waals surface area contributed by atoms with Crippen molar-refractivity contribution in [1.82, 2.24) is 4.90 Å². The Hall–Kier alpha value is -2.41. The predicted octanol–water partition coefficient (Wildman–Crippen LogP) is 8.90. The van der Waals surface area contributed by atoms with Gasteiger partial charge in [0.15, 0.2) is 5.23 Å². The van der Waals surface area contributed by atoms with E-state index in [1.54, 1.807) is 0 Å². The minimum absolute atomic E-state index is 0.0592. The van der Waals surface area contributed by atoms with E-state index in [0.29, 0.717) is 37.6 Å². The Morgan fingerprint density at radius 1 is 1.15 bits per heavy atom. The number of fused-ring (bicyclic) bond motifs is 1. The van der Waals surface area contributed by atoms with Crippen molar-refractivity contribution in [2.75, 3.05) is 13.1 Å². The summed E-state index contributed by atoms with van der Waals surface area (Å²) < 4.78 is 68.8. The SMILES string of the molecule is C=CCN1C[C@@H](C(C)C)CC2CC(c3cc(F)ccc3F)(S(=C)(=C=O)c3ccc(C(F)(F)F)cc3)CCC21.CC. The lowest BCUT2D eigenvalue weighted by molar-refractivity contribution is -0.137. The van der Waals surface area contributed by atoms with Gasteiger partial charge < -0.3 is 0 Å². The molecular weight excluding hydrogens is 541 g/mol. The Labute approximate surface area is 235 Å². The first kappa shape index (κ1) is 32.1. The maximum Gasteiger partial charge on any atom is 0.416 e. The van der Waals surface area contributed by atoms with Crippen molar-refractivity contribution in [2.45, 2.75) is 75.2 Å². The summed E-state index contributed by atoms with van der Waals surface area (Å²) in [6.45, 7) is 13.8. The number of piperidine rings is 1. The molecule has 1 saturated heterocycles. The fourth-order valence-electron chi connectivity index (χ4n) is 6.58. The predicted molar refractivity (Wildman–Crippen MR) is 155 cm³/mol. The summed E-state index contributed by atoms with van der Waals surface area (Å²) in [4.78, 5) is 15.5. The Morgan fingerprint density at radius 2 is 1.80 bits per heavy atom. The Bertz CT molecular complexity index is 1320. The van der Waals surface area contributed by atoms with Crippen LogP contribution in [-0.4, -0.2) is 35.1 Å². The molecule has 4 rings (SSSR count). The molecule has 1 aliphatic carbocycles. The lowest BCUT2D eigenvalue weighted by Gasteiger charge is -2.54. The van der Waals surface area contributed by atoms with Crippen molar-refractivity contribution in [2.24, 2.45) is 17.8 Å². The smallest absolute Gasteiger partial charge is 0.296 e. The molecule has 0 aromatic heterocycles. The molecule has 0 bridgehead atoms. The molecule has 1 aliphatic heterocycles. The van der Waals surface area contributed by atoms with Crippen LogP contribution in [0.3, 0.4) is 0 Å². The van der Waals surface area contributed by atoms with Crippen LogP contribution in [0.15, 0.2) is 60.0 Å². The van der Waals surface area contributed by atoms with Gasteiger partial charge in [0.1, 0.15) is 11.6 Å². The third-order valence-electron chi connectivity index (χ3n) is 8.64. The topological polar surface area (TPSA) is 20.3 Å². The number of carbonyl (C=O) groups excluding carboxylic acids is 1. The second-order valence-corrected chi connectivity index (χ2v) is 13.9. The van der Waals surface area contributed by atoms with Gasteiger partial charge in [0.05, 0.1) is 5.56 Å². The summed E-state index contributed by atoms with van der Waals surface area (Å²) in [5.74, 6) is 3.84. The molecule has 2 aromatic rings. The number of nitrogens with zero attached hydrogens (tertiary/aromatic N) is 1. The van der Waals surface area contributed by atoms with Gasteiger partial charge in [0, 0.05) is 34.3 Å². The number of hydrogen-bond acceptors (Lipinski definition) is 2. The summed E-state index contributed by atoms with van der Waals surface area (Å²) in [5.41, 5.74) is -0.790. The van der Waals surface area contributed by atoms with E-state index < -0.39 is 37.3 Å². The first-order valence-corrected chi connectivity index (χ1v) is 15.7. The standard InChI is InChI=1S/C30H34F5NOS.C2H6/c1-5-14-36-18-22(20(2)3)15-21-17-29(13-12-28(21)36,26-16-24(31)8-11-27(26)32)38(4,19-37)25-9-6-23(7-10-25)30(33,34)35;1-2/h5-11,16,20-22,28H,1,4,12-15,17-18H2,2-3H3;1-2H3/t21?,22-,28?,29?,38?;/m0./s1. The monoisotopic (exact) mass is 581 g/mol. The number of likely N-dealkylation sites (tertiary alicyclic amines) is 1. The number of rotatable bonds is 6. The molecule has 8 heteroatoms. The summed E-state index contributed by atoms with van der Waals surface area (Å²) in [7, 11) is -2.96. The highest BCUT2D eigenvalue weighted by Crippen LogP contribution is 2.62. The van der Waals surface area contributed by atoms with Gasteiger partial charge in [-0.1, -0.05) is 48.8 Å². The van der Waals surface area contributed by atoms with E-state index in [0.717, 1.165) is 43.3 Å². The van der Waals surface area contributed by atoms with Gasteiger partial charge in [-0.05, 0) is 85.9 Å². The van der Waals surface area contributed by atoms with E-state index in [1.165, 1.54) is 12.1 Å². The summed E-state index contributed by atoms with van der Waals surface area (Å²) in [5, 5.41) is 2.10. The van der Waals surface area contributed by atoms with Gasteiger partial charge in [0.25, 0.3) is 0 Å². The van der Waals surface area contributed by atoms with Crippen LogP contribution in [-0.2, 0) is 15.7 Å². The van der Waals surface area contributed by atoms with Crippen molar-refractivity contribution in [1.29, 1.82) is 0 Å². The Balaban J connectivity index is 0.00000216. The first-order valence-electron chi connectivity index (χ1n) is 13.9. The largest absolute Gasteiger partial charge is 0.416 e. The van der Waals surface area contributed by atoms with E-state index in [1.807, 2.05) is 19.9 Å². The maximum atomic E-state index is 15.5. The number of benzene rings is 2. The van der Waals surface area contributed by atoms with E-state index in [4.69, 9.17) is 0 Å². The second-order valence-electron chi connectivity index (χ2n) is 11.0. The summed E-state index contributed by atoms with van der Waals surface area (Å²) in [6.07, 6.45) is -0.503. The zero-order valence-corrected chi connectivity index (χ0v) is 24.6. The molecule has 1 saturated carbocycles. The highest BCUT2D eigenvalue weighted by atomic mass is 32.2. The van der Waals surface area contributed by atoms with E-state index in [-0.39, 0.29) is 22.4 Å². The molecule has 0 spiro atoms. The molecule has 4 unspecified atom stereocenters. The molecule has 2 fully saturated rings. The third-order valence-corrected chi connectivity index (χ3v) is 11.9. The van der Waals surface area contributed by atoms with Gasteiger partial charge in [0.2, 0.25) is 0 Å². The Kier molecular flexibility index (Phi) is 10.1. The molecule has 0 radical (unpaired) electrons. The van der Waals surface area contributed by atoms with Gasteiger partial charge in [-0.2, -0.15) is 13.2 Å². The average Bonchev–Trinajstić information content (AvgIpc) is 2.94. The lowest BCUT2D eigenvalue weighted by atomic mass is 9.67. The molecule has 5 atom stereocenters. The van der Waals surface area contributed by atoms with Crippen LogP contribution in [0.4, 0.5) is 22.0 Å².